The second-order valence-corrected chi connectivity index (χ2v) is 6.08. The van der Waals surface area contributed by atoms with Crippen molar-refractivity contribution in [3.63, 3.8) is 0 Å². The molecular weight excluding hydrogens is 346 g/mol. The summed E-state index contributed by atoms with van der Waals surface area (Å²) in [6, 6.07) is 15.6. The van der Waals surface area contributed by atoms with Gasteiger partial charge in [0, 0.05) is 11.4 Å². The number of nitrogens with one attached hydrogen (secondary N) is 3. The molecule has 0 aliphatic heterocycles. The van der Waals surface area contributed by atoms with E-state index in [4.69, 9.17) is 11.1 Å². The van der Waals surface area contributed by atoms with Crippen LogP contribution in [0.4, 0.5) is 11.4 Å². The molecule has 7 heteroatoms. The summed E-state index contributed by atoms with van der Waals surface area (Å²) in [6.07, 6.45) is 1.53. The number of allylic oxidation sites excluding steroid dienone is 1. The summed E-state index contributed by atoms with van der Waals surface area (Å²) in [6.45, 7) is 1.62. The van der Waals surface area contributed by atoms with Gasteiger partial charge in [0.25, 0.3) is 0 Å². The molecule has 2 aromatic carbocycles. The number of nitriles is 1. The highest BCUT2D eigenvalue weighted by Crippen LogP contribution is 2.26. The van der Waals surface area contributed by atoms with E-state index < -0.39 is 11.9 Å². The summed E-state index contributed by atoms with van der Waals surface area (Å²) in [5, 5.41) is 23.3. The van der Waals surface area contributed by atoms with Gasteiger partial charge in [0.15, 0.2) is 0 Å². The van der Waals surface area contributed by atoms with E-state index in [0.29, 0.717) is 27.7 Å². The summed E-state index contributed by atoms with van der Waals surface area (Å²) in [4.78, 5) is 11.9. The molecule has 0 saturated carbocycles. The van der Waals surface area contributed by atoms with Gasteiger partial charge in [-0.15, -0.1) is 12.6 Å². The number of hydrogen-bond donors (Lipinski definition) is 5. The average Bonchev–Trinajstić information content (AvgIpc) is 2.59. The molecule has 0 aliphatic rings. The van der Waals surface area contributed by atoms with Crippen LogP contribution in [0.3, 0.4) is 0 Å². The molecule has 26 heavy (non-hydrogen) atoms. The highest BCUT2D eigenvalue weighted by atomic mass is 32.1. The Labute approximate surface area is 157 Å². The zero-order valence-corrected chi connectivity index (χ0v) is 15.0. The van der Waals surface area contributed by atoms with Crippen molar-refractivity contribution < 1.29 is 4.79 Å². The van der Waals surface area contributed by atoms with Crippen molar-refractivity contribution in [1.82, 2.24) is 0 Å². The van der Waals surface area contributed by atoms with E-state index in [-0.39, 0.29) is 0 Å². The fourth-order valence-corrected chi connectivity index (χ4v) is 2.66. The van der Waals surface area contributed by atoms with Crippen LogP contribution >= 0.6 is 12.6 Å². The van der Waals surface area contributed by atoms with E-state index in [1.165, 1.54) is 6.08 Å². The molecule has 0 unspecified atom stereocenters. The van der Waals surface area contributed by atoms with Gasteiger partial charge in [-0.2, -0.15) is 5.26 Å². The molecule has 0 saturated heterocycles. The molecule has 2 rings (SSSR count). The zero-order valence-electron chi connectivity index (χ0n) is 14.2. The summed E-state index contributed by atoms with van der Waals surface area (Å²) in [5.74, 6) is -0.510. The minimum atomic E-state index is -0.702. The standard InChI is InChI=1S/C19H19N5OS/c1-12(21)9-17(26)24-16-10-15(8-7-14(16)11-20)23-18(19(22)25)13-5-3-2-4-6-13/h2-10,18,21,23-24,26H,1H3,(H2,22,25)/b17-9-,21-12?/t18-/m1/s1. The Morgan fingerprint density at radius 3 is 2.58 bits per heavy atom. The van der Waals surface area contributed by atoms with Crippen molar-refractivity contribution in [2.75, 3.05) is 10.6 Å². The molecule has 2 aromatic rings. The van der Waals surface area contributed by atoms with E-state index in [2.05, 4.69) is 29.3 Å². The third-order valence-electron chi connectivity index (χ3n) is 3.48. The molecule has 6 nitrogen and oxygen atoms in total. The highest BCUT2D eigenvalue weighted by molar-refractivity contribution is 7.84. The molecule has 1 amide bonds. The van der Waals surface area contributed by atoms with Gasteiger partial charge in [-0.3, -0.25) is 4.79 Å². The van der Waals surface area contributed by atoms with Crippen molar-refractivity contribution in [3.05, 3.63) is 70.8 Å². The second kappa shape index (κ2) is 8.74. The quantitative estimate of drug-likeness (QED) is 0.382. The maximum Gasteiger partial charge on any atom is 0.244 e. The Bertz CT molecular complexity index is 887. The Kier molecular flexibility index (Phi) is 6.42. The normalized spacial score (nSPS) is 12.0. The number of carbonyl (C=O) groups excluding carboxylic acids is 1. The topological polar surface area (TPSA) is 115 Å². The van der Waals surface area contributed by atoms with Gasteiger partial charge in [-0.1, -0.05) is 30.3 Å². The first kappa shape index (κ1) is 19.1. The van der Waals surface area contributed by atoms with E-state index in [9.17, 15) is 10.1 Å². The number of primary amides is 1. The monoisotopic (exact) mass is 365 g/mol. The summed E-state index contributed by atoms with van der Waals surface area (Å²) in [7, 11) is 0. The van der Waals surface area contributed by atoms with Crippen LogP contribution in [0.5, 0.6) is 0 Å². The number of thiol groups is 1. The van der Waals surface area contributed by atoms with Crippen LogP contribution in [0.2, 0.25) is 0 Å². The predicted octanol–water partition coefficient (Wildman–Crippen LogP) is 3.42. The van der Waals surface area contributed by atoms with Gasteiger partial charge in [0.1, 0.15) is 12.1 Å². The van der Waals surface area contributed by atoms with Crippen LogP contribution < -0.4 is 16.4 Å². The van der Waals surface area contributed by atoms with Gasteiger partial charge in [-0.05, 0) is 36.8 Å². The molecule has 5 N–H and O–H groups in total. The Balaban J connectivity index is 2.32. The van der Waals surface area contributed by atoms with Crippen molar-refractivity contribution in [2.24, 2.45) is 5.73 Å². The second-order valence-electron chi connectivity index (χ2n) is 5.60. The molecule has 0 heterocycles. The number of carbonyl (C=O) groups is 1. The summed E-state index contributed by atoms with van der Waals surface area (Å²) in [5.41, 5.74) is 8.14. The first-order valence-electron chi connectivity index (χ1n) is 7.78. The number of anilines is 2. The number of hydrogen-bond acceptors (Lipinski definition) is 6. The largest absolute Gasteiger partial charge is 0.370 e. The first-order valence-corrected chi connectivity index (χ1v) is 8.23. The van der Waals surface area contributed by atoms with E-state index >= 15 is 0 Å². The minimum absolute atomic E-state index is 0.327. The number of nitrogens with zero attached hydrogens (tertiary/aromatic N) is 1. The number of nitrogens with two attached hydrogens (primary N) is 1. The van der Waals surface area contributed by atoms with Crippen molar-refractivity contribution in [3.8, 4) is 6.07 Å². The molecule has 0 fully saturated rings. The van der Waals surface area contributed by atoms with E-state index in [1.54, 1.807) is 25.1 Å². The SMILES string of the molecule is CC(=N)/C=C(\S)Nc1cc(N[C@@H](C(N)=O)c2ccccc2)ccc1C#N. The molecule has 1 atom stereocenters. The van der Waals surface area contributed by atoms with Crippen molar-refractivity contribution in [1.29, 1.82) is 10.7 Å². The molecular formula is C19H19N5OS. The smallest absolute Gasteiger partial charge is 0.244 e. The van der Waals surface area contributed by atoms with Gasteiger partial charge in [-0.25, -0.2) is 0 Å². The number of rotatable bonds is 7. The molecule has 132 valence electrons. The molecule has 0 aromatic heterocycles. The fourth-order valence-electron chi connectivity index (χ4n) is 2.34. The van der Waals surface area contributed by atoms with Crippen LogP contribution in [-0.4, -0.2) is 11.6 Å². The third-order valence-corrected chi connectivity index (χ3v) is 3.73. The lowest BCUT2D eigenvalue weighted by molar-refractivity contribution is -0.118. The molecule has 0 radical (unpaired) electrons. The summed E-state index contributed by atoms with van der Waals surface area (Å²) < 4.78 is 0. The van der Waals surface area contributed by atoms with E-state index in [1.807, 2.05) is 30.3 Å². The third kappa shape index (κ3) is 5.13. The van der Waals surface area contributed by atoms with Crippen LogP contribution in [-0.2, 0) is 4.79 Å². The lowest BCUT2D eigenvalue weighted by Crippen LogP contribution is -2.27. The first-order chi connectivity index (χ1) is 12.4. The van der Waals surface area contributed by atoms with Crippen LogP contribution in [0, 0.1) is 16.7 Å². The fraction of sp³-hybridized carbons (Fsp3) is 0.105. The maximum atomic E-state index is 11.9. The lowest BCUT2D eigenvalue weighted by Gasteiger charge is -2.18. The summed E-state index contributed by atoms with van der Waals surface area (Å²) >= 11 is 4.27. The van der Waals surface area contributed by atoms with Crippen LogP contribution in [0.15, 0.2) is 59.6 Å². The minimum Gasteiger partial charge on any atom is -0.370 e. The highest BCUT2D eigenvalue weighted by Gasteiger charge is 2.17. The Morgan fingerprint density at radius 1 is 1.31 bits per heavy atom. The van der Waals surface area contributed by atoms with Crippen LogP contribution in [0.1, 0.15) is 24.1 Å². The van der Waals surface area contributed by atoms with Gasteiger partial charge >= 0.3 is 0 Å². The van der Waals surface area contributed by atoms with Crippen molar-refractivity contribution >= 4 is 35.6 Å². The molecule has 0 bridgehead atoms. The Hall–Kier alpha value is -3.24. The lowest BCUT2D eigenvalue weighted by atomic mass is 10.1. The maximum absolute atomic E-state index is 11.9. The van der Waals surface area contributed by atoms with E-state index in [0.717, 1.165) is 5.56 Å². The average molecular weight is 365 g/mol. The van der Waals surface area contributed by atoms with Crippen LogP contribution in [0.25, 0.3) is 0 Å². The number of amides is 1. The predicted molar refractivity (Wildman–Crippen MR) is 107 cm³/mol. The zero-order chi connectivity index (χ0) is 19.1. The van der Waals surface area contributed by atoms with Gasteiger partial charge in [0.05, 0.1) is 16.3 Å². The van der Waals surface area contributed by atoms with Crippen molar-refractivity contribution in [2.45, 2.75) is 13.0 Å². The molecule has 0 spiro atoms. The Morgan fingerprint density at radius 2 is 2.00 bits per heavy atom. The number of benzene rings is 2. The molecule has 0 aliphatic carbocycles. The van der Waals surface area contributed by atoms with Gasteiger partial charge in [0.2, 0.25) is 5.91 Å². The van der Waals surface area contributed by atoms with Gasteiger partial charge < -0.3 is 21.8 Å².